The van der Waals surface area contributed by atoms with Crippen molar-refractivity contribution in [3.8, 4) is 27.9 Å². The first-order valence-corrected chi connectivity index (χ1v) is 10.3. The van der Waals surface area contributed by atoms with E-state index in [1.165, 1.54) is 28.6 Å². The van der Waals surface area contributed by atoms with E-state index >= 15 is 0 Å². The third-order valence-electron chi connectivity index (χ3n) is 3.96. The van der Waals surface area contributed by atoms with Crippen molar-refractivity contribution in [3.63, 3.8) is 0 Å². The van der Waals surface area contributed by atoms with Gasteiger partial charge in [0.1, 0.15) is 11.5 Å². The molecule has 3 heterocycles. The van der Waals surface area contributed by atoms with Crippen LogP contribution >= 0.6 is 23.1 Å². The molecule has 0 aliphatic heterocycles. The molecule has 0 fully saturated rings. The van der Waals surface area contributed by atoms with E-state index in [4.69, 9.17) is 10.3 Å². The topological polar surface area (TPSA) is 92.0 Å². The van der Waals surface area contributed by atoms with E-state index in [0.717, 1.165) is 16.3 Å². The summed E-state index contributed by atoms with van der Waals surface area (Å²) in [4.78, 5) is 5.51. The minimum absolute atomic E-state index is 0.0597. The monoisotopic (exact) mass is 435 g/mol. The van der Waals surface area contributed by atoms with E-state index < -0.39 is 6.61 Å². The van der Waals surface area contributed by atoms with Gasteiger partial charge in [0.2, 0.25) is 11.0 Å². The standard InChI is InChI=1S/C18H15F2N5O2S2/c1-10-13(22-16(26-10)14-3-2-8-28-14)9-29-18-24-23-15(25(18)21)11-4-6-12(7-5-11)27-17(19)20/h2-8,17H,9,21H2,1H3. The zero-order valence-electron chi connectivity index (χ0n) is 15.1. The van der Waals surface area contributed by atoms with Crippen LogP contribution in [0.15, 0.2) is 51.4 Å². The van der Waals surface area contributed by atoms with Crippen molar-refractivity contribution in [2.45, 2.75) is 24.4 Å². The molecular weight excluding hydrogens is 420 g/mol. The van der Waals surface area contributed by atoms with Crippen LogP contribution in [0.25, 0.3) is 22.2 Å². The van der Waals surface area contributed by atoms with Gasteiger partial charge in [-0.1, -0.05) is 17.8 Å². The Labute approximate surface area is 172 Å². The van der Waals surface area contributed by atoms with Crippen LogP contribution < -0.4 is 10.6 Å². The van der Waals surface area contributed by atoms with Gasteiger partial charge < -0.3 is 15.0 Å². The Morgan fingerprint density at radius 2 is 2.03 bits per heavy atom. The zero-order chi connectivity index (χ0) is 20.4. The number of nitrogen functional groups attached to an aromatic ring is 1. The number of hydrogen-bond acceptors (Lipinski definition) is 8. The van der Waals surface area contributed by atoms with Crippen molar-refractivity contribution in [1.29, 1.82) is 0 Å². The largest absolute Gasteiger partial charge is 0.440 e. The number of halogens is 2. The number of aromatic nitrogens is 4. The molecule has 0 atom stereocenters. The molecule has 29 heavy (non-hydrogen) atoms. The van der Waals surface area contributed by atoms with Crippen LogP contribution in [-0.4, -0.2) is 26.5 Å². The van der Waals surface area contributed by atoms with Crippen molar-refractivity contribution in [3.05, 3.63) is 53.2 Å². The molecule has 0 aliphatic rings. The van der Waals surface area contributed by atoms with Gasteiger partial charge in [0.15, 0.2) is 5.82 Å². The molecule has 0 radical (unpaired) electrons. The lowest BCUT2D eigenvalue weighted by Gasteiger charge is -2.06. The van der Waals surface area contributed by atoms with Gasteiger partial charge in [-0.15, -0.1) is 21.5 Å². The summed E-state index contributed by atoms with van der Waals surface area (Å²) in [6.07, 6.45) is 0. The first-order valence-electron chi connectivity index (χ1n) is 8.40. The summed E-state index contributed by atoms with van der Waals surface area (Å²) in [5.41, 5.74) is 1.43. The van der Waals surface area contributed by atoms with Crippen LogP contribution in [0.4, 0.5) is 8.78 Å². The number of rotatable bonds is 7. The minimum atomic E-state index is -2.87. The Kier molecular flexibility index (Phi) is 5.49. The summed E-state index contributed by atoms with van der Waals surface area (Å²) < 4.78 is 36.0. The van der Waals surface area contributed by atoms with Crippen LogP contribution in [0.2, 0.25) is 0 Å². The number of thiophene rings is 1. The molecule has 4 rings (SSSR count). The summed E-state index contributed by atoms with van der Waals surface area (Å²) in [6.45, 7) is -1.01. The van der Waals surface area contributed by atoms with Crippen LogP contribution in [0.1, 0.15) is 11.5 Å². The SMILES string of the molecule is Cc1oc(-c2cccs2)nc1CSc1nnc(-c2ccc(OC(F)F)cc2)n1N. The second-order valence-corrected chi connectivity index (χ2v) is 7.76. The number of nitrogens with two attached hydrogens (primary N) is 1. The van der Waals surface area contributed by atoms with Gasteiger partial charge in [0, 0.05) is 11.3 Å². The van der Waals surface area contributed by atoms with Crippen LogP contribution in [0.3, 0.4) is 0 Å². The highest BCUT2D eigenvalue weighted by molar-refractivity contribution is 7.98. The lowest BCUT2D eigenvalue weighted by molar-refractivity contribution is -0.0498. The molecule has 0 bridgehead atoms. The fourth-order valence-corrected chi connectivity index (χ4v) is 4.07. The lowest BCUT2D eigenvalue weighted by atomic mass is 10.2. The van der Waals surface area contributed by atoms with E-state index in [1.54, 1.807) is 23.5 Å². The Bertz CT molecular complexity index is 1090. The summed E-state index contributed by atoms with van der Waals surface area (Å²) in [5.74, 6) is 8.42. The lowest BCUT2D eigenvalue weighted by Crippen LogP contribution is -2.11. The number of thioether (sulfide) groups is 1. The van der Waals surface area contributed by atoms with Crippen LogP contribution in [0.5, 0.6) is 5.75 Å². The average Bonchev–Trinajstić information content (AvgIpc) is 3.41. The van der Waals surface area contributed by atoms with Crippen molar-refractivity contribution in [2.75, 3.05) is 5.84 Å². The molecule has 0 saturated heterocycles. The third kappa shape index (κ3) is 4.25. The summed E-state index contributed by atoms with van der Waals surface area (Å²) in [6, 6.07) is 9.93. The van der Waals surface area contributed by atoms with Crippen molar-refractivity contribution >= 4 is 23.1 Å². The Morgan fingerprint density at radius 3 is 2.72 bits per heavy atom. The van der Waals surface area contributed by atoms with Gasteiger partial charge in [-0.3, -0.25) is 0 Å². The number of nitrogens with zero attached hydrogens (tertiary/aromatic N) is 4. The van der Waals surface area contributed by atoms with Crippen molar-refractivity contribution in [1.82, 2.24) is 19.9 Å². The molecular formula is C18H15F2N5O2S2. The fourth-order valence-electron chi connectivity index (χ4n) is 2.56. The normalized spacial score (nSPS) is 11.3. The van der Waals surface area contributed by atoms with Gasteiger partial charge in [0.05, 0.1) is 10.6 Å². The van der Waals surface area contributed by atoms with Gasteiger partial charge in [-0.2, -0.15) is 8.78 Å². The van der Waals surface area contributed by atoms with Gasteiger partial charge in [-0.05, 0) is 42.6 Å². The number of benzene rings is 1. The Hall–Kier alpha value is -2.92. The molecule has 0 amide bonds. The molecule has 0 unspecified atom stereocenters. The molecule has 0 saturated carbocycles. The Balaban J connectivity index is 1.47. The van der Waals surface area contributed by atoms with Crippen molar-refractivity contribution < 1.29 is 17.9 Å². The van der Waals surface area contributed by atoms with E-state index in [-0.39, 0.29) is 5.75 Å². The summed E-state index contributed by atoms with van der Waals surface area (Å²) in [5, 5.41) is 10.7. The minimum Gasteiger partial charge on any atom is -0.440 e. The fraction of sp³-hybridized carbons (Fsp3) is 0.167. The van der Waals surface area contributed by atoms with Gasteiger partial charge in [-0.25, -0.2) is 9.66 Å². The predicted molar refractivity (Wildman–Crippen MR) is 106 cm³/mol. The molecule has 0 spiro atoms. The van der Waals surface area contributed by atoms with Gasteiger partial charge in [0.25, 0.3) is 0 Å². The Morgan fingerprint density at radius 1 is 1.24 bits per heavy atom. The third-order valence-corrected chi connectivity index (χ3v) is 5.78. The van der Waals surface area contributed by atoms with Crippen LogP contribution in [-0.2, 0) is 5.75 Å². The highest BCUT2D eigenvalue weighted by Gasteiger charge is 2.16. The molecule has 11 heteroatoms. The molecule has 7 nitrogen and oxygen atoms in total. The summed E-state index contributed by atoms with van der Waals surface area (Å²) >= 11 is 2.93. The maximum atomic E-state index is 12.3. The highest BCUT2D eigenvalue weighted by Crippen LogP contribution is 2.30. The zero-order valence-corrected chi connectivity index (χ0v) is 16.7. The molecule has 3 aromatic heterocycles. The molecule has 2 N–H and O–H groups in total. The maximum absolute atomic E-state index is 12.3. The quantitative estimate of drug-likeness (QED) is 0.336. The van der Waals surface area contributed by atoms with Crippen molar-refractivity contribution in [2.24, 2.45) is 0 Å². The first-order chi connectivity index (χ1) is 14.0. The van der Waals surface area contributed by atoms with E-state index in [9.17, 15) is 8.78 Å². The highest BCUT2D eigenvalue weighted by atomic mass is 32.2. The molecule has 4 aromatic rings. The number of ether oxygens (including phenoxy) is 1. The van der Waals surface area contributed by atoms with Crippen LogP contribution in [0, 0.1) is 6.92 Å². The number of alkyl halides is 2. The maximum Gasteiger partial charge on any atom is 0.387 e. The average molecular weight is 435 g/mol. The number of hydrogen-bond donors (Lipinski definition) is 1. The predicted octanol–water partition coefficient (Wildman–Crippen LogP) is 4.58. The molecule has 150 valence electrons. The smallest absolute Gasteiger partial charge is 0.387 e. The second-order valence-electron chi connectivity index (χ2n) is 5.87. The first kappa shape index (κ1) is 19.4. The summed E-state index contributed by atoms with van der Waals surface area (Å²) in [7, 11) is 0. The molecule has 0 aliphatic carbocycles. The number of aryl methyl sites for hydroxylation is 1. The van der Waals surface area contributed by atoms with E-state index in [2.05, 4.69) is 19.9 Å². The molecule has 1 aromatic carbocycles. The van der Waals surface area contributed by atoms with E-state index in [0.29, 0.717) is 28.2 Å². The number of oxazole rings is 1. The van der Waals surface area contributed by atoms with Gasteiger partial charge >= 0.3 is 6.61 Å². The second kappa shape index (κ2) is 8.21. The van der Waals surface area contributed by atoms with E-state index in [1.807, 2.05) is 24.4 Å².